The number of hydrogen-bond donors (Lipinski definition) is 1. The third-order valence-corrected chi connectivity index (χ3v) is 5.83. The van der Waals surface area contributed by atoms with Gasteiger partial charge in [-0.05, 0) is 24.5 Å². The highest BCUT2D eigenvalue weighted by atomic mass is 32.2. The number of sulfone groups is 1. The summed E-state index contributed by atoms with van der Waals surface area (Å²) in [7, 11) is -3.18. The van der Waals surface area contributed by atoms with Gasteiger partial charge in [0.1, 0.15) is 0 Å². The Morgan fingerprint density at radius 3 is 2.83 bits per heavy atom. The van der Waals surface area contributed by atoms with Gasteiger partial charge in [0.25, 0.3) is 0 Å². The Morgan fingerprint density at radius 1 is 1.33 bits per heavy atom. The van der Waals surface area contributed by atoms with Crippen LogP contribution in [0.25, 0.3) is 0 Å². The first-order chi connectivity index (χ1) is 8.53. The zero-order valence-corrected chi connectivity index (χ0v) is 10.9. The lowest BCUT2D eigenvalue weighted by Gasteiger charge is -2.38. The molecule has 2 unspecified atom stereocenters. The molecule has 98 valence electrons. The second kappa shape index (κ2) is 4.05. The normalized spacial score (nSPS) is 34.2. The largest absolute Gasteiger partial charge is 0.380 e. The van der Waals surface area contributed by atoms with Crippen LogP contribution in [0.15, 0.2) is 29.2 Å². The lowest BCUT2D eigenvalue weighted by atomic mass is 9.78. The van der Waals surface area contributed by atoms with Crippen LogP contribution >= 0.6 is 0 Å². The third kappa shape index (κ3) is 1.77. The molecule has 5 heteroatoms. The summed E-state index contributed by atoms with van der Waals surface area (Å²) < 4.78 is 29.8. The summed E-state index contributed by atoms with van der Waals surface area (Å²) in [6, 6.07) is 7.20. The molecule has 1 aromatic carbocycles. The minimum absolute atomic E-state index is 0.117. The highest BCUT2D eigenvalue weighted by molar-refractivity contribution is 7.91. The molecule has 2 atom stereocenters. The summed E-state index contributed by atoms with van der Waals surface area (Å²) in [6.07, 6.45) is 1.72. The second-order valence-electron chi connectivity index (χ2n) is 5.26. The number of fused-ring (bicyclic) bond motifs is 1. The summed E-state index contributed by atoms with van der Waals surface area (Å²) in [5.41, 5.74) is 6.73. The van der Waals surface area contributed by atoms with Crippen molar-refractivity contribution in [2.45, 2.75) is 29.2 Å². The quantitative estimate of drug-likeness (QED) is 0.826. The minimum Gasteiger partial charge on any atom is -0.380 e. The second-order valence-corrected chi connectivity index (χ2v) is 7.26. The molecular weight excluding hydrogens is 250 g/mol. The molecule has 18 heavy (non-hydrogen) atoms. The number of hydrogen-bond acceptors (Lipinski definition) is 4. The molecule has 4 nitrogen and oxygen atoms in total. The van der Waals surface area contributed by atoms with Gasteiger partial charge in [0.05, 0.1) is 17.3 Å². The van der Waals surface area contributed by atoms with Crippen molar-refractivity contribution in [1.82, 2.24) is 0 Å². The van der Waals surface area contributed by atoms with E-state index in [-0.39, 0.29) is 11.7 Å². The Bertz CT molecular complexity index is 561. The molecular formula is C13H17NO3S. The lowest BCUT2D eigenvalue weighted by molar-refractivity contribution is 0.0290. The maximum absolute atomic E-state index is 12.2. The molecule has 0 aromatic heterocycles. The van der Waals surface area contributed by atoms with E-state index in [0.717, 1.165) is 25.0 Å². The molecule has 2 aliphatic rings. The number of ether oxygens (including phenoxy) is 1. The van der Waals surface area contributed by atoms with Gasteiger partial charge >= 0.3 is 0 Å². The van der Waals surface area contributed by atoms with Crippen molar-refractivity contribution < 1.29 is 13.2 Å². The average molecular weight is 267 g/mol. The minimum atomic E-state index is -3.18. The van der Waals surface area contributed by atoms with Gasteiger partial charge in [-0.15, -0.1) is 0 Å². The fourth-order valence-electron chi connectivity index (χ4n) is 3.04. The van der Waals surface area contributed by atoms with Crippen LogP contribution in [0, 0.1) is 0 Å². The molecule has 0 bridgehead atoms. The van der Waals surface area contributed by atoms with Gasteiger partial charge in [-0.25, -0.2) is 8.42 Å². The first kappa shape index (κ1) is 12.1. The van der Waals surface area contributed by atoms with Gasteiger partial charge in [-0.3, -0.25) is 0 Å². The van der Waals surface area contributed by atoms with Crippen LogP contribution in [-0.2, 0) is 14.6 Å². The summed E-state index contributed by atoms with van der Waals surface area (Å²) >= 11 is 0. The topological polar surface area (TPSA) is 69.4 Å². The van der Waals surface area contributed by atoms with Crippen molar-refractivity contribution in [2.24, 2.45) is 5.73 Å². The van der Waals surface area contributed by atoms with Crippen LogP contribution in [-0.4, -0.2) is 32.9 Å². The Morgan fingerprint density at radius 2 is 2.11 bits per heavy atom. The smallest absolute Gasteiger partial charge is 0.179 e. The van der Waals surface area contributed by atoms with E-state index in [0.29, 0.717) is 11.5 Å². The van der Waals surface area contributed by atoms with Crippen molar-refractivity contribution in [1.29, 1.82) is 0 Å². The molecule has 0 aliphatic carbocycles. The van der Waals surface area contributed by atoms with E-state index in [4.69, 9.17) is 10.5 Å². The monoisotopic (exact) mass is 267 g/mol. The third-order valence-electron chi connectivity index (χ3n) is 4.01. The van der Waals surface area contributed by atoms with E-state index in [1.165, 1.54) is 0 Å². The predicted octanol–water partition coefficient (Wildman–Crippen LogP) is 1.07. The number of rotatable bonds is 1. The molecule has 0 saturated carbocycles. The fraction of sp³-hybridized carbons (Fsp3) is 0.538. The van der Waals surface area contributed by atoms with Crippen LogP contribution in [0.3, 0.4) is 0 Å². The molecule has 2 heterocycles. The summed E-state index contributed by atoms with van der Waals surface area (Å²) in [4.78, 5) is 0.449. The fourth-order valence-corrected chi connectivity index (χ4v) is 5.02. The molecule has 1 fully saturated rings. The predicted molar refractivity (Wildman–Crippen MR) is 68.2 cm³/mol. The Labute approximate surface area is 107 Å². The van der Waals surface area contributed by atoms with Crippen molar-refractivity contribution in [3.63, 3.8) is 0 Å². The lowest BCUT2D eigenvalue weighted by Crippen LogP contribution is -2.52. The SMILES string of the molecule is NC1(C2CS(=O)(=O)c3ccccc32)CCCOC1. The molecule has 0 spiro atoms. The van der Waals surface area contributed by atoms with E-state index >= 15 is 0 Å². The molecule has 2 N–H and O–H groups in total. The van der Waals surface area contributed by atoms with E-state index in [2.05, 4.69) is 0 Å². The summed E-state index contributed by atoms with van der Waals surface area (Å²) in [5.74, 6) is -0.0225. The summed E-state index contributed by atoms with van der Waals surface area (Å²) in [6.45, 7) is 1.17. The molecule has 0 radical (unpaired) electrons. The van der Waals surface area contributed by atoms with Crippen LogP contribution in [0.2, 0.25) is 0 Å². The van der Waals surface area contributed by atoms with Crippen LogP contribution in [0.5, 0.6) is 0 Å². The number of benzene rings is 1. The van der Waals surface area contributed by atoms with Gasteiger partial charge < -0.3 is 10.5 Å². The first-order valence-electron chi connectivity index (χ1n) is 6.21. The van der Waals surface area contributed by atoms with Crippen molar-refractivity contribution in [3.05, 3.63) is 29.8 Å². The highest BCUT2D eigenvalue weighted by Crippen LogP contribution is 2.42. The van der Waals surface area contributed by atoms with Crippen molar-refractivity contribution in [2.75, 3.05) is 19.0 Å². The van der Waals surface area contributed by atoms with Crippen molar-refractivity contribution >= 4 is 9.84 Å². The van der Waals surface area contributed by atoms with E-state index in [1.54, 1.807) is 12.1 Å². The average Bonchev–Trinajstić information content (AvgIpc) is 2.64. The Hall–Kier alpha value is -0.910. The highest BCUT2D eigenvalue weighted by Gasteiger charge is 2.46. The van der Waals surface area contributed by atoms with Gasteiger partial charge in [-0.2, -0.15) is 0 Å². The van der Waals surface area contributed by atoms with E-state index in [1.807, 2.05) is 12.1 Å². The zero-order chi connectivity index (χ0) is 12.8. The van der Waals surface area contributed by atoms with Gasteiger partial charge in [0.15, 0.2) is 9.84 Å². The zero-order valence-electron chi connectivity index (χ0n) is 10.1. The maximum atomic E-state index is 12.2. The molecule has 3 rings (SSSR count). The van der Waals surface area contributed by atoms with Crippen LogP contribution in [0.1, 0.15) is 24.3 Å². The molecule has 1 aromatic rings. The maximum Gasteiger partial charge on any atom is 0.179 e. The van der Waals surface area contributed by atoms with Crippen molar-refractivity contribution in [3.8, 4) is 0 Å². The molecule has 2 aliphatic heterocycles. The van der Waals surface area contributed by atoms with E-state index in [9.17, 15) is 8.42 Å². The number of nitrogens with two attached hydrogens (primary N) is 1. The van der Waals surface area contributed by atoms with Crippen LogP contribution in [0.4, 0.5) is 0 Å². The van der Waals surface area contributed by atoms with Gasteiger partial charge in [0.2, 0.25) is 0 Å². The van der Waals surface area contributed by atoms with Gasteiger partial charge in [-0.1, -0.05) is 18.2 Å². The van der Waals surface area contributed by atoms with E-state index < -0.39 is 15.4 Å². The first-order valence-corrected chi connectivity index (χ1v) is 7.86. The Kier molecular flexibility index (Phi) is 2.73. The van der Waals surface area contributed by atoms with Crippen LogP contribution < -0.4 is 5.73 Å². The molecule has 1 saturated heterocycles. The molecule has 0 amide bonds. The standard InChI is InChI=1S/C13H17NO3S/c14-13(6-3-7-17-9-13)11-8-18(15,16)12-5-2-1-4-10(11)12/h1-2,4-5,11H,3,6-9,14H2. The summed E-state index contributed by atoms with van der Waals surface area (Å²) in [5, 5.41) is 0. The van der Waals surface area contributed by atoms with Gasteiger partial charge in [0, 0.05) is 18.1 Å². The Balaban J connectivity index is 2.06.